The topological polar surface area (TPSA) is 52.2 Å². The second kappa shape index (κ2) is 5.56. The Hall–Kier alpha value is -2.47. The van der Waals surface area contributed by atoms with Crippen molar-refractivity contribution in [2.75, 3.05) is 0 Å². The lowest BCUT2D eigenvalue weighted by molar-refractivity contribution is 0.693. The van der Waals surface area contributed by atoms with Gasteiger partial charge in [0.1, 0.15) is 4.83 Å². The van der Waals surface area contributed by atoms with E-state index in [4.69, 9.17) is 4.98 Å². The lowest BCUT2D eigenvalue weighted by atomic mass is 10.1. The van der Waals surface area contributed by atoms with Gasteiger partial charge in [-0.15, -0.1) is 16.4 Å². The Labute approximate surface area is 143 Å². The van der Waals surface area contributed by atoms with Gasteiger partial charge in [0.15, 0.2) is 11.5 Å². The van der Waals surface area contributed by atoms with E-state index in [2.05, 4.69) is 18.9 Å². The zero-order valence-electron chi connectivity index (χ0n) is 13.9. The van der Waals surface area contributed by atoms with Crippen molar-refractivity contribution >= 4 is 27.2 Å². The van der Waals surface area contributed by atoms with Gasteiger partial charge in [0.25, 0.3) is 0 Å². The van der Waals surface area contributed by atoms with Crippen molar-refractivity contribution in [1.82, 2.24) is 19.2 Å². The molecule has 0 aliphatic carbocycles. The summed E-state index contributed by atoms with van der Waals surface area (Å²) in [6.45, 7) is 6.78. The number of nitrogens with zero attached hydrogens (tertiary/aromatic N) is 4. The van der Waals surface area contributed by atoms with E-state index in [1.807, 2.05) is 37.3 Å². The van der Waals surface area contributed by atoms with E-state index in [1.165, 1.54) is 15.0 Å². The third-order valence-electron chi connectivity index (χ3n) is 4.42. The normalized spacial score (nSPS) is 11.6. The van der Waals surface area contributed by atoms with E-state index >= 15 is 0 Å². The van der Waals surface area contributed by atoms with Gasteiger partial charge in [-0.3, -0.25) is 4.57 Å². The van der Waals surface area contributed by atoms with Gasteiger partial charge in [0, 0.05) is 17.8 Å². The smallest absolute Gasteiger partial charge is 0.283 e. The maximum absolute atomic E-state index is 12.8. The molecule has 6 heteroatoms. The Kier molecular flexibility index (Phi) is 3.49. The van der Waals surface area contributed by atoms with E-state index in [-0.39, 0.29) is 5.69 Å². The summed E-state index contributed by atoms with van der Waals surface area (Å²) in [5.41, 5.74) is 2.88. The highest BCUT2D eigenvalue weighted by atomic mass is 32.1. The van der Waals surface area contributed by atoms with Crippen LogP contribution >= 0.6 is 11.3 Å². The van der Waals surface area contributed by atoms with E-state index < -0.39 is 0 Å². The van der Waals surface area contributed by atoms with Gasteiger partial charge < -0.3 is 0 Å². The molecule has 0 unspecified atom stereocenters. The summed E-state index contributed by atoms with van der Waals surface area (Å²) >= 11 is 1.65. The van der Waals surface area contributed by atoms with E-state index in [1.54, 1.807) is 15.9 Å². The molecule has 0 amide bonds. The molecule has 0 spiro atoms. The first-order chi connectivity index (χ1) is 11.6. The molecule has 3 heterocycles. The summed E-state index contributed by atoms with van der Waals surface area (Å²) in [6, 6.07) is 10.1. The fourth-order valence-electron chi connectivity index (χ4n) is 3.05. The largest absolute Gasteiger partial charge is 0.351 e. The van der Waals surface area contributed by atoms with Crippen molar-refractivity contribution in [3.63, 3.8) is 0 Å². The first-order valence-electron chi connectivity index (χ1n) is 8.02. The minimum absolute atomic E-state index is 0.118. The summed E-state index contributed by atoms with van der Waals surface area (Å²) in [4.78, 5) is 19.7. The van der Waals surface area contributed by atoms with E-state index in [0.29, 0.717) is 24.4 Å². The molecule has 0 saturated heterocycles. The molecule has 0 bridgehead atoms. The highest BCUT2D eigenvalue weighted by Gasteiger charge is 2.19. The van der Waals surface area contributed by atoms with Crippen LogP contribution in [-0.4, -0.2) is 19.2 Å². The molecule has 24 heavy (non-hydrogen) atoms. The second-order valence-corrected chi connectivity index (χ2v) is 7.12. The third-order valence-corrected chi connectivity index (χ3v) is 5.65. The molecule has 0 aliphatic rings. The number of aromatic nitrogens is 4. The van der Waals surface area contributed by atoms with Crippen molar-refractivity contribution in [3.05, 3.63) is 62.6 Å². The van der Waals surface area contributed by atoms with Crippen LogP contribution in [0.15, 0.2) is 35.1 Å². The van der Waals surface area contributed by atoms with Gasteiger partial charge in [-0.05, 0) is 31.9 Å². The molecule has 5 nitrogen and oxygen atoms in total. The molecule has 122 valence electrons. The fourth-order valence-corrected chi connectivity index (χ4v) is 4.25. The molecule has 0 radical (unpaired) electrons. The standard InChI is InChI=1S/C18H18N4OS/c1-4-21-17-15(11(2)12(3)24-17)16-19-14(20-22(16)18(21)23)10-13-8-6-5-7-9-13/h5-9H,4,10H2,1-3H3. The highest BCUT2D eigenvalue weighted by Crippen LogP contribution is 2.31. The van der Waals surface area contributed by atoms with Gasteiger partial charge >= 0.3 is 5.69 Å². The minimum Gasteiger partial charge on any atom is -0.283 e. The molecule has 0 atom stereocenters. The van der Waals surface area contributed by atoms with Gasteiger partial charge in [-0.1, -0.05) is 30.3 Å². The molecular weight excluding hydrogens is 320 g/mol. The average molecular weight is 338 g/mol. The summed E-state index contributed by atoms with van der Waals surface area (Å²) in [7, 11) is 0. The number of hydrogen-bond acceptors (Lipinski definition) is 4. The number of rotatable bonds is 3. The minimum atomic E-state index is -0.118. The van der Waals surface area contributed by atoms with Crippen molar-refractivity contribution in [1.29, 1.82) is 0 Å². The Balaban J connectivity index is 2.00. The van der Waals surface area contributed by atoms with Crippen molar-refractivity contribution in [2.45, 2.75) is 33.7 Å². The second-order valence-electron chi connectivity index (χ2n) is 5.92. The van der Waals surface area contributed by atoms with Crippen LogP contribution in [0.25, 0.3) is 15.9 Å². The van der Waals surface area contributed by atoms with Crippen LogP contribution in [0.1, 0.15) is 28.8 Å². The first-order valence-corrected chi connectivity index (χ1v) is 8.84. The Morgan fingerprint density at radius 2 is 1.92 bits per heavy atom. The highest BCUT2D eigenvalue weighted by molar-refractivity contribution is 7.19. The van der Waals surface area contributed by atoms with Crippen LogP contribution in [0.5, 0.6) is 0 Å². The van der Waals surface area contributed by atoms with Gasteiger partial charge in [0.2, 0.25) is 0 Å². The number of thiophene rings is 1. The molecule has 1 aromatic carbocycles. The molecule has 0 saturated carbocycles. The van der Waals surface area contributed by atoms with Crippen LogP contribution in [-0.2, 0) is 13.0 Å². The number of hydrogen-bond donors (Lipinski definition) is 0. The molecule has 4 aromatic rings. The van der Waals surface area contributed by atoms with Gasteiger partial charge in [-0.2, -0.15) is 4.52 Å². The van der Waals surface area contributed by atoms with E-state index in [9.17, 15) is 4.79 Å². The Morgan fingerprint density at radius 3 is 2.62 bits per heavy atom. The van der Waals surface area contributed by atoms with Crippen LogP contribution < -0.4 is 5.69 Å². The SMILES string of the molecule is CCn1c(=O)n2nc(Cc3ccccc3)nc2c2c(C)c(C)sc21. The summed E-state index contributed by atoms with van der Waals surface area (Å²) in [5, 5.41) is 5.54. The molecule has 0 fully saturated rings. The predicted molar refractivity (Wildman–Crippen MR) is 97.0 cm³/mol. The molecule has 0 aliphatic heterocycles. The lowest BCUT2D eigenvalue weighted by Crippen LogP contribution is -2.26. The Morgan fingerprint density at radius 1 is 1.17 bits per heavy atom. The Bertz CT molecular complexity index is 1110. The predicted octanol–water partition coefficient (Wildman–Crippen LogP) is 3.33. The molecule has 0 N–H and O–H groups in total. The van der Waals surface area contributed by atoms with Crippen molar-refractivity contribution in [3.8, 4) is 0 Å². The third kappa shape index (κ3) is 2.17. The van der Waals surface area contributed by atoms with E-state index in [0.717, 1.165) is 15.8 Å². The quantitative estimate of drug-likeness (QED) is 0.576. The fraction of sp³-hybridized carbons (Fsp3) is 0.278. The van der Waals surface area contributed by atoms with Gasteiger partial charge in [0.05, 0.1) is 5.39 Å². The number of aryl methyl sites for hydroxylation is 3. The summed E-state index contributed by atoms with van der Waals surface area (Å²) < 4.78 is 3.25. The molecule has 4 rings (SSSR count). The van der Waals surface area contributed by atoms with Crippen molar-refractivity contribution < 1.29 is 0 Å². The van der Waals surface area contributed by atoms with Crippen LogP contribution in [0.2, 0.25) is 0 Å². The summed E-state index contributed by atoms with van der Waals surface area (Å²) in [5.74, 6) is 0.678. The summed E-state index contributed by atoms with van der Waals surface area (Å²) in [6.07, 6.45) is 0.623. The number of benzene rings is 1. The zero-order valence-corrected chi connectivity index (χ0v) is 14.7. The van der Waals surface area contributed by atoms with Crippen LogP contribution in [0, 0.1) is 13.8 Å². The maximum atomic E-state index is 12.8. The zero-order chi connectivity index (χ0) is 16.8. The number of fused-ring (bicyclic) bond motifs is 3. The van der Waals surface area contributed by atoms with Crippen LogP contribution in [0.4, 0.5) is 0 Å². The van der Waals surface area contributed by atoms with Gasteiger partial charge in [-0.25, -0.2) is 9.78 Å². The lowest BCUT2D eigenvalue weighted by Gasteiger charge is -2.04. The van der Waals surface area contributed by atoms with Crippen molar-refractivity contribution in [2.24, 2.45) is 0 Å². The maximum Gasteiger partial charge on any atom is 0.351 e. The van der Waals surface area contributed by atoms with Crippen LogP contribution in [0.3, 0.4) is 0 Å². The molecule has 3 aromatic heterocycles. The average Bonchev–Trinajstić information content (AvgIpc) is 3.11. The first kappa shape index (κ1) is 15.1. The monoisotopic (exact) mass is 338 g/mol. The molecular formula is C18H18N4OS.